The van der Waals surface area contributed by atoms with E-state index >= 15 is 0 Å². The lowest BCUT2D eigenvalue weighted by atomic mass is 10.2. The quantitative estimate of drug-likeness (QED) is 0.420. The fourth-order valence-corrected chi connectivity index (χ4v) is 2.86. The number of halogens is 1. The van der Waals surface area contributed by atoms with Crippen molar-refractivity contribution in [3.05, 3.63) is 88.4 Å². The van der Waals surface area contributed by atoms with Gasteiger partial charge in [0.05, 0.1) is 26.0 Å². The van der Waals surface area contributed by atoms with Crippen LogP contribution in [0.3, 0.4) is 0 Å². The fourth-order valence-electron chi connectivity index (χ4n) is 2.67. The molecule has 3 rings (SSSR count). The van der Waals surface area contributed by atoms with Crippen LogP contribution in [-0.4, -0.2) is 26.3 Å². The standard InChI is InChI=1S/C23H21ClN2O4/c1-28-18-10-11-20(22(13-18)29-2)23(27)26-25-14-16-6-5-8-19(12-16)30-15-17-7-3-4-9-21(17)24/h3-14H,15H2,1-2H3,(H,26,27). The van der Waals surface area contributed by atoms with Gasteiger partial charge in [-0.1, -0.05) is 41.9 Å². The summed E-state index contributed by atoms with van der Waals surface area (Å²) in [5.41, 5.74) is 4.52. The van der Waals surface area contributed by atoms with E-state index in [4.69, 9.17) is 25.8 Å². The molecule has 3 aromatic rings. The van der Waals surface area contributed by atoms with Gasteiger partial charge >= 0.3 is 0 Å². The first kappa shape index (κ1) is 21.2. The number of nitrogens with one attached hydrogen (secondary N) is 1. The molecule has 6 nitrogen and oxygen atoms in total. The second-order valence-electron chi connectivity index (χ2n) is 6.22. The first-order valence-corrected chi connectivity index (χ1v) is 9.50. The summed E-state index contributed by atoms with van der Waals surface area (Å²) >= 11 is 6.15. The van der Waals surface area contributed by atoms with E-state index in [1.54, 1.807) is 25.3 Å². The molecular formula is C23H21ClN2O4. The molecule has 1 N–H and O–H groups in total. The van der Waals surface area contributed by atoms with Gasteiger partial charge in [-0.2, -0.15) is 5.10 Å². The lowest BCUT2D eigenvalue weighted by Crippen LogP contribution is -2.18. The highest BCUT2D eigenvalue weighted by Crippen LogP contribution is 2.24. The van der Waals surface area contributed by atoms with E-state index in [1.165, 1.54) is 13.3 Å². The van der Waals surface area contributed by atoms with E-state index in [0.717, 1.165) is 11.1 Å². The van der Waals surface area contributed by atoms with Crippen LogP contribution in [0.2, 0.25) is 5.02 Å². The number of carbonyl (C=O) groups excluding carboxylic acids is 1. The molecule has 0 saturated carbocycles. The molecule has 0 saturated heterocycles. The third-order valence-electron chi connectivity index (χ3n) is 4.24. The van der Waals surface area contributed by atoms with Crippen molar-refractivity contribution >= 4 is 23.7 Å². The van der Waals surface area contributed by atoms with Gasteiger partial charge in [0.15, 0.2) is 0 Å². The van der Waals surface area contributed by atoms with E-state index in [2.05, 4.69) is 10.5 Å². The molecule has 0 spiro atoms. The van der Waals surface area contributed by atoms with E-state index < -0.39 is 5.91 Å². The van der Waals surface area contributed by atoms with Gasteiger partial charge in [0.2, 0.25) is 0 Å². The molecule has 0 aliphatic heterocycles. The van der Waals surface area contributed by atoms with Crippen LogP contribution in [0, 0.1) is 0 Å². The normalized spacial score (nSPS) is 10.6. The lowest BCUT2D eigenvalue weighted by molar-refractivity contribution is 0.0952. The first-order chi connectivity index (χ1) is 14.6. The summed E-state index contributed by atoms with van der Waals surface area (Å²) in [6.45, 7) is 0.355. The van der Waals surface area contributed by atoms with Crippen molar-refractivity contribution in [2.24, 2.45) is 5.10 Å². The Morgan fingerprint density at radius 2 is 1.83 bits per heavy atom. The molecule has 0 fully saturated rings. The Labute approximate surface area is 180 Å². The highest BCUT2D eigenvalue weighted by molar-refractivity contribution is 6.31. The molecule has 1 amide bonds. The zero-order valence-electron chi connectivity index (χ0n) is 16.6. The van der Waals surface area contributed by atoms with E-state index in [1.807, 2.05) is 48.5 Å². The molecule has 0 aliphatic carbocycles. The number of amides is 1. The smallest absolute Gasteiger partial charge is 0.275 e. The highest BCUT2D eigenvalue weighted by atomic mass is 35.5. The second-order valence-corrected chi connectivity index (χ2v) is 6.63. The van der Waals surface area contributed by atoms with Crippen LogP contribution in [0.5, 0.6) is 17.2 Å². The summed E-state index contributed by atoms with van der Waals surface area (Å²) in [6.07, 6.45) is 1.54. The van der Waals surface area contributed by atoms with Crippen LogP contribution in [0.4, 0.5) is 0 Å². The minimum atomic E-state index is -0.392. The first-order valence-electron chi connectivity index (χ1n) is 9.12. The highest BCUT2D eigenvalue weighted by Gasteiger charge is 2.12. The van der Waals surface area contributed by atoms with Crippen LogP contribution in [-0.2, 0) is 6.61 Å². The number of hydrazone groups is 1. The predicted molar refractivity (Wildman–Crippen MR) is 117 cm³/mol. The molecule has 0 bridgehead atoms. The van der Waals surface area contributed by atoms with Crippen molar-refractivity contribution in [1.29, 1.82) is 0 Å². The van der Waals surface area contributed by atoms with E-state index in [-0.39, 0.29) is 0 Å². The molecule has 0 unspecified atom stereocenters. The maximum absolute atomic E-state index is 12.4. The minimum Gasteiger partial charge on any atom is -0.497 e. The van der Waals surface area contributed by atoms with Crippen molar-refractivity contribution in [3.63, 3.8) is 0 Å². The largest absolute Gasteiger partial charge is 0.497 e. The van der Waals surface area contributed by atoms with Gasteiger partial charge in [0.25, 0.3) is 5.91 Å². The number of nitrogens with zero attached hydrogens (tertiary/aromatic N) is 1. The summed E-state index contributed by atoms with van der Waals surface area (Å²) < 4.78 is 16.2. The topological polar surface area (TPSA) is 69.2 Å². The monoisotopic (exact) mass is 424 g/mol. The van der Waals surface area contributed by atoms with Crippen LogP contribution < -0.4 is 19.6 Å². The molecule has 3 aromatic carbocycles. The number of benzene rings is 3. The number of rotatable bonds is 8. The van der Waals surface area contributed by atoms with Gasteiger partial charge in [0, 0.05) is 16.7 Å². The van der Waals surface area contributed by atoms with Gasteiger partial charge in [-0.15, -0.1) is 0 Å². The van der Waals surface area contributed by atoms with Crippen molar-refractivity contribution in [2.75, 3.05) is 14.2 Å². The van der Waals surface area contributed by atoms with E-state index in [0.29, 0.717) is 34.4 Å². The predicted octanol–water partition coefficient (Wildman–Crippen LogP) is 4.70. The zero-order chi connectivity index (χ0) is 21.3. The third kappa shape index (κ3) is 5.52. The Kier molecular flexibility index (Phi) is 7.29. The molecular weight excluding hydrogens is 404 g/mol. The van der Waals surface area contributed by atoms with Crippen molar-refractivity contribution in [3.8, 4) is 17.2 Å². The molecule has 0 radical (unpaired) electrons. The second kappa shape index (κ2) is 10.3. The Morgan fingerprint density at radius 3 is 2.60 bits per heavy atom. The summed E-state index contributed by atoms with van der Waals surface area (Å²) in [4.78, 5) is 12.4. The van der Waals surface area contributed by atoms with Gasteiger partial charge < -0.3 is 14.2 Å². The molecule has 0 aliphatic rings. The number of methoxy groups -OCH3 is 2. The Morgan fingerprint density at radius 1 is 1.00 bits per heavy atom. The summed E-state index contributed by atoms with van der Waals surface area (Å²) in [6, 6.07) is 19.8. The van der Waals surface area contributed by atoms with E-state index in [9.17, 15) is 4.79 Å². The Hall–Kier alpha value is -3.51. The number of hydrogen-bond acceptors (Lipinski definition) is 5. The third-order valence-corrected chi connectivity index (χ3v) is 4.61. The molecule has 0 aromatic heterocycles. The van der Waals surface area contributed by atoms with Crippen molar-refractivity contribution < 1.29 is 19.0 Å². The van der Waals surface area contributed by atoms with Crippen molar-refractivity contribution in [1.82, 2.24) is 5.43 Å². The van der Waals surface area contributed by atoms with Crippen LogP contribution in [0.1, 0.15) is 21.5 Å². The molecule has 0 heterocycles. The minimum absolute atomic E-state index is 0.354. The van der Waals surface area contributed by atoms with Crippen molar-refractivity contribution in [2.45, 2.75) is 6.61 Å². The SMILES string of the molecule is COc1ccc(C(=O)NN=Cc2cccc(OCc3ccccc3Cl)c2)c(OC)c1. The zero-order valence-corrected chi connectivity index (χ0v) is 17.3. The van der Waals surface area contributed by atoms with Crippen LogP contribution in [0.15, 0.2) is 71.8 Å². The van der Waals surface area contributed by atoms with Crippen LogP contribution in [0.25, 0.3) is 0 Å². The van der Waals surface area contributed by atoms with Gasteiger partial charge in [-0.05, 0) is 35.9 Å². The average Bonchev–Trinajstić information content (AvgIpc) is 2.78. The molecule has 7 heteroatoms. The Bertz CT molecular complexity index is 1050. The maximum Gasteiger partial charge on any atom is 0.275 e. The van der Waals surface area contributed by atoms with Crippen LogP contribution >= 0.6 is 11.6 Å². The molecule has 0 atom stereocenters. The number of ether oxygens (including phenoxy) is 3. The lowest BCUT2D eigenvalue weighted by Gasteiger charge is -2.09. The summed E-state index contributed by atoms with van der Waals surface area (Å²) in [5, 5.41) is 4.68. The molecule has 30 heavy (non-hydrogen) atoms. The fraction of sp³-hybridized carbons (Fsp3) is 0.130. The van der Waals surface area contributed by atoms with Gasteiger partial charge in [-0.3, -0.25) is 4.79 Å². The Balaban J connectivity index is 1.62. The van der Waals surface area contributed by atoms with Gasteiger partial charge in [0.1, 0.15) is 23.9 Å². The summed E-state index contributed by atoms with van der Waals surface area (Å²) in [7, 11) is 3.04. The number of hydrogen-bond donors (Lipinski definition) is 1. The average molecular weight is 425 g/mol. The molecule has 154 valence electrons. The maximum atomic E-state index is 12.4. The number of carbonyl (C=O) groups is 1. The summed E-state index contributed by atoms with van der Waals surface area (Å²) in [5.74, 6) is 1.27. The van der Waals surface area contributed by atoms with Gasteiger partial charge in [-0.25, -0.2) is 5.43 Å².